The molecule has 0 heterocycles. The van der Waals surface area contributed by atoms with E-state index in [4.69, 9.17) is 4.74 Å². The number of carboxylic acid groups (broad SMARTS) is 1. The highest BCUT2D eigenvalue weighted by atomic mass is 16.5. The summed E-state index contributed by atoms with van der Waals surface area (Å²) in [5.74, 6) is -0.785. The average molecular weight is 367 g/mol. The van der Waals surface area contributed by atoms with Crippen LogP contribution in [-0.2, 0) is 14.3 Å². The molecule has 2 saturated carbocycles. The SMILES string of the molecule is CCOC(=O)C(CC)(CC1CCCCC1)C(CC1CCCCC1)C(=O)O. The van der Waals surface area contributed by atoms with E-state index in [0.717, 1.165) is 25.7 Å². The molecule has 2 aliphatic carbocycles. The van der Waals surface area contributed by atoms with Crippen LogP contribution in [0, 0.1) is 23.2 Å². The Kier molecular flexibility index (Phi) is 8.43. The largest absolute Gasteiger partial charge is 0.481 e. The number of ether oxygens (including phenoxy) is 1. The summed E-state index contributed by atoms with van der Waals surface area (Å²) in [6.45, 7) is 4.12. The van der Waals surface area contributed by atoms with E-state index in [1.165, 1.54) is 38.5 Å². The van der Waals surface area contributed by atoms with Crippen molar-refractivity contribution in [1.82, 2.24) is 0 Å². The summed E-state index contributed by atoms with van der Waals surface area (Å²) in [4.78, 5) is 25.4. The Morgan fingerprint density at radius 1 is 0.962 bits per heavy atom. The normalized spacial score (nSPS) is 23.2. The van der Waals surface area contributed by atoms with Crippen LogP contribution >= 0.6 is 0 Å². The van der Waals surface area contributed by atoms with E-state index in [2.05, 4.69) is 0 Å². The number of carbonyl (C=O) groups is 2. The van der Waals surface area contributed by atoms with Crippen LogP contribution in [0.15, 0.2) is 0 Å². The van der Waals surface area contributed by atoms with Gasteiger partial charge in [-0.3, -0.25) is 9.59 Å². The molecule has 2 fully saturated rings. The van der Waals surface area contributed by atoms with Gasteiger partial charge in [-0.05, 0) is 38.0 Å². The van der Waals surface area contributed by atoms with Crippen molar-refractivity contribution in [3.8, 4) is 0 Å². The molecule has 0 spiro atoms. The van der Waals surface area contributed by atoms with Gasteiger partial charge >= 0.3 is 11.9 Å². The van der Waals surface area contributed by atoms with E-state index in [0.29, 0.717) is 37.7 Å². The lowest BCUT2D eigenvalue weighted by Gasteiger charge is -2.40. The fraction of sp³-hybridized carbons (Fsp3) is 0.909. The zero-order valence-corrected chi connectivity index (χ0v) is 16.8. The Morgan fingerprint density at radius 3 is 1.96 bits per heavy atom. The minimum atomic E-state index is -0.860. The van der Waals surface area contributed by atoms with Crippen LogP contribution < -0.4 is 0 Å². The number of carboxylic acids is 1. The molecule has 0 aromatic rings. The van der Waals surface area contributed by atoms with Gasteiger partial charge in [-0.2, -0.15) is 0 Å². The van der Waals surface area contributed by atoms with Crippen LogP contribution in [0.3, 0.4) is 0 Å². The molecule has 2 atom stereocenters. The van der Waals surface area contributed by atoms with Gasteiger partial charge < -0.3 is 9.84 Å². The molecule has 0 radical (unpaired) electrons. The molecule has 0 bridgehead atoms. The molecule has 0 aromatic carbocycles. The van der Waals surface area contributed by atoms with Crippen LogP contribution in [0.5, 0.6) is 0 Å². The molecule has 1 N–H and O–H groups in total. The summed E-state index contributed by atoms with van der Waals surface area (Å²) < 4.78 is 5.46. The Hall–Kier alpha value is -1.06. The zero-order valence-electron chi connectivity index (χ0n) is 16.8. The molecule has 0 saturated heterocycles. The minimum absolute atomic E-state index is 0.267. The smallest absolute Gasteiger partial charge is 0.312 e. The van der Waals surface area contributed by atoms with E-state index in [1.54, 1.807) is 0 Å². The van der Waals surface area contributed by atoms with Gasteiger partial charge in [0.1, 0.15) is 0 Å². The molecule has 2 unspecified atom stereocenters. The Bertz CT molecular complexity index is 449. The van der Waals surface area contributed by atoms with Crippen molar-refractivity contribution in [2.75, 3.05) is 6.61 Å². The fourth-order valence-electron chi connectivity index (χ4n) is 5.40. The quantitative estimate of drug-likeness (QED) is 0.540. The molecule has 0 aromatic heterocycles. The second kappa shape index (κ2) is 10.3. The van der Waals surface area contributed by atoms with Crippen LogP contribution in [0.25, 0.3) is 0 Å². The van der Waals surface area contributed by atoms with E-state index in [-0.39, 0.29) is 5.97 Å². The van der Waals surface area contributed by atoms with E-state index in [1.807, 2.05) is 13.8 Å². The highest BCUT2D eigenvalue weighted by Gasteiger charge is 2.50. The number of esters is 1. The summed E-state index contributed by atoms with van der Waals surface area (Å²) >= 11 is 0. The lowest BCUT2D eigenvalue weighted by Crippen LogP contribution is -2.46. The molecule has 2 rings (SSSR count). The first-order valence-corrected chi connectivity index (χ1v) is 10.9. The van der Waals surface area contributed by atoms with E-state index in [9.17, 15) is 14.7 Å². The third kappa shape index (κ3) is 5.23. The molecule has 4 heteroatoms. The van der Waals surface area contributed by atoms with Crippen molar-refractivity contribution in [2.24, 2.45) is 23.2 Å². The fourth-order valence-corrected chi connectivity index (χ4v) is 5.40. The lowest BCUT2D eigenvalue weighted by molar-refractivity contribution is -0.170. The van der Waals surface area contributed by atoms with Crippen molar-refractivity contribution in [3.05, 3.63) is 0 Å². The summed E-state index contributed by atoms with van der Waals surface area (Å²) in [6, 6.07) is 0. The molecule has 26 heavy (non-hydrogen) atoms. The van der Waals surface area contributed by atoms with E-state index < -0.39 is 17.3 Å². The van der Waals surface area contributed by atoms with Gasteiger partial charge in [0, 0.05) is 0 Å². The van der Waals surface area contributed by atoms with Gasteiger partial charge in [-0.1, -0.05) is 71.1 Å². The Morgan fingerprint density at radius 2 is 1.50 bits per heavy atom. The second-order valence-electron chi connectivity index (χ2n) is 8.57. The van der Waals surface area contributed by atoms with Crippen LogP contribution in [0.4, 0.5) is 0 Å². The van der Waals surface area contributed by atoms with Crippen molar-refractivity contribution in [1.29, 1.82) is 0 Å². The second-order valence-corrected chi connectivity index (χ2v) is 8.57. The first-order valence-electron chi connectivity index (χ1n) is 10.9. The number of carbonyl (C=O) groups excluding carboxylic acids is 1. The number of rotatable bonds is 9. The van der Waals surface area contributed by atoms with E-state index >= 15 is 0 Å². The summed E-state index contributed by atoms with van der Waals surface area (Å²) in [7, 11) is 0. The van der Waals surface area contributed by atoms with Crippen LogP contribution in [0.1, 0.15) is 97.3 Å². The summed E-state index contributed by atoms with van der Waals surface area (Å²) in [5, 5.41) is 10.1. The minimum Gasteiger partial charge on any atom is -0.481 e. The average Bonchev–Trinajstić information content (AvgIpc) is 2.66. The maximum absolute atomic E-state index is 13.1. The van der Waals surface area contributed by atoms with Crippen LogP contribution in [0.2, 0.25) is 0 Å². The Balaban J connectivity index is 2.26. The monoisotopic (exact) mass is 366 g/mol. The van der Waals surface area contributed by atoms with Crippen molar-refractivity contribution < 1.29 is 19.4 Å². The van der Waals surface area contributed by atoms with Gasteiger partial charge in [0.25, 0.3) is 0 Å². The zero-order chi connectivity index (χ0) is 19.0. The van der Waals surface area contributed by atoms with Gasteiger partial charge in [0.15, 0.2) is 0 Å². The molecular weight excluding hydrogens is 328 g/mol. The standard InChI is InChI=1S/C22H38O4/c1-3-22(21(25)26-4-2,16-18-13-9-6-10-14-18)19(20(23)24)15-17-11-7-5-8-12-17/h17-19H,3-16H2,1-2H3,(H,23,24). The maximum atomic E-state index is 13.1. The van der Waals surface area contributed by atoms with Gasteiger partial charge in [0.05, 0.1) is 17.9 Å². The Labute approximate surface area is 159 Å². The highest BCUT2D eigenvalue weighted by molar-refractivity contribution is 5.84. The molecular formula is C22H38O4. The number of hydrogen-bond acceptors (Lipinski definition) is 3. The third-order valence-corrected chi connectivity index (χ3v) is 6.95. The number of aliphatic carboxylic acids is 1. The summed E-state index contributed by atoms with van der Waals surface area (Å²) in [6.07, 6.45) is 13.6. The first-order chi connectivity index (χ1) is 12.5. The predicted molar refractivity (Wildman–Crippen MR) is 103 cm³/mol. The van der Waals surface area contributed by atoms with Crippen LogP contribution in [-0.4, -0.2) is 23.7 Å². The predicted octanol–water partition coefficient (Wildman–Crippen LogP) is 5.59. The molecule has 0 aliphatic heterocycles. The van der Waals surface area contributed by atoms with Gasteiger partial charge in [-0.25, -0.2) is 0 Å². The third-order valence-electron chi connectivity index (χ3n) is 6.95. The lowest BCUT2D eigenvalue weighted by atomic mass is 9.63. The molecule has 4 nitrogen and oxygen atoms in total. The maximum Gasteiger partial charge on any atom is 0.312 e. The molecule has 150 valence electrons. The first kappa shape index (κ1) is 21.2. The summed E-state index contributed by atoms with van der Waals surface area (Å²) in [5.41, 5.74) is -0.860. The topological polar surface area (TPSA) is 63.6 Å². The molecule has 2 aliphatic rings. The van der Waals surface area contributed by atoms with Crippen molar-refractivity contribution in [3.63, 3.8) is 0 Å². The van der Waals surface area contributed by atoms with Crippen molar-refractivity contribution in [2.45, 2.75) is 97.3 Å². The highest BCUT2D eigenvalue weighted by Crippen LogP contribution is 2.47. The van der Waals surface area contributed by atoms with Crippen molar-refractivity contribution >= 4 is 11.9 Å². The molecule has 0 amide bonds. The number of hydrogen-bond donors (Lipinski definition) is 1. The van der Waals surface area contributed by atoms with Gasteiger partial charge in [-0.15, -0.1) is 0 Å². The van der Waals surface area contributed by atoms with Gasteiger partial charge in [0.2, 0.25) is 0 Å².